The van der Waals surface area contributed by atoms with Crippen molar-refractivity contribution in [3.63, 3.8) is 0 Å². The SMILES string of the molecule is C=C(CC)N1CCc2c([nH]c3ccccc23)C1c1ccc(OCCN2CCC(F)C2)nc1. The lowest BCUT2D eigenvalue weighted by Crippen LogP contribution is -2.35. The number of hydrogen-bond donors (Lipinski definition) is 1. The molecule has 0 spiro atoms. The molecule has 0 aliphatic carbocycles. The summed E-state index contributed by atoms with van der Waals surface area (Å²) >= 11 is 0. The van der Waals surface area contributed by atoms with Gasteiger partial charge in [-0.1, -0.05) is 31.7 Å². The molecule has 2 aliphatic rings. The molecule has 4 heterocycles. The van der Waals surface area contributed by atoms with Crippen molar-refractivity contribution in [2.45, 2.75) is 38.4 Å². The number of benzene rings is 1. The van der Waals surface area contributed by atoms with Crippen LogP contribution in [0.15, 0.2) is 54.9 Å². The lowest BCUT2D eigenvalue weighted by atomic mass is 9.92. The first-order chi connectivity index (χ1) is 15.6. The number of allylic oxidation sites excluding steroid dienone is 1. The van der Waals surface area contributed by atoms with Crippen LogP contribution in [0.1, 0.15) is 42.6 Å². The van der Waals surface area contributed by atoms with Crippen molar-refractivity contribution in [2.24, 2.45) is 0 Å². The summed E-state index contributed by atoms with van der Waals surface area (Å²) < 4.78 is 19.2. The molecule has 32 heavy (non-hydrogen) atoms. The van der Waals surface area contributed by atoms with Crippen molar-refractivity contribution >= 4 is 10.9 Å². The molecular formula is C26H31FN4O. The van der Waals surface area contributed by atoms with E-state index in [4.69, 9.17) is 4.74 Å². The molecule has 0 amide bonds. The molecule has 0 bridgehead atoms. The smallest absolute Gasteiger partial charge is 0.213 e. The maximum absolute atomic E-state index is 13.3. The zero-order valence-corrected chi connectivity index (χ0v) is 18.7. The number of alkyl halides is 1. The second kappa shape index (κ2) is 8.94. The fourth-order valence-electron chi connectivity index (χ4n) is 5.04. The number of ether oxygens (including phenoxy) is 1. The second-order valence-electron chi connectivity index (χ2n) is 8.79. The summed E-state index contributed by atoms with van der Waals surface area (Å²) in [4.78, 5) is 12.8. The zero-order valence-electron chi connectivity index (χ0n) is 18.7. The van der Waals surface area contributed by atoms with Gasteiger partial charge in [0.05, 0.1) is 6.04 Å². The summed E-state index contributed by atoms with van der Waals surface area (Å²) in [5, 5.41) is 1.31. The number of nitrogens with one attached hydrogen (secondary N) is 1. The number of aromatic amines is 1. The fourth-order valence-corrected chi connectivity index (χ4v) is 5.04. The topological polar surface area (TPSA) is 44.4 Å². The van der Waals surface area contributed by atoms with E-state index >= 15 is 0 Å². The number of pyridine rings is 1. The van der Waals surface area contributed by atoms with E-state index in [-0.39, 0.29) is 6.04 Å². The minimum Gasteiger partial charge on any atom is -0.476 e. The first-order valence-electron chi connectivity index (χ1n) is 11.6. The zero-order chi connectivity index (χ0) is 22.1. The van der Waals surface area contributed by atoms with E-state index < -0.39 is 6.17 Å². The number of halogens is 1. The monoisotopic (exact) mass is 434 g/mol. The maximum Gasteiger partial charge on any atom is 0.213 e. The Morgan fingerprint density at radius 1 is 1.25 bits per heavy atom. The van der Waals surface area contributed by atoms with Crippen LogP contribution in [0, 0.1) is 0 Å². The third kappa shape index (κ3) is 3.99. The van der Waals surface area contributed by atoms with E-state index in [0.29, 0.717) is 25.5 Å². The Labute approximate surface area is 188 Å². The van der Waals surface area contributed by atoms with Crippen molar-refractivity contribution in [3.8, 4) is 5.88 Å². The van der Waals surface area contributed by atoms with E-state index in [1.165, 1.54) is 22.2 Å². The molecular weight excluding hydrogens is 403 g/mol. The van der Waals surface area contributed by atoms with Crippen LogP contribution in [0.25, 0.3) is 10.9 Å². The van der Waals surface area contributed by atoms with Gasteiger partial charge in [-0.25, -0.2) is 9.37 Å². The fraction of sp³-hybridized carbons (Fsp3) is 0.423. The van der Waals surface area contributed by atoms with E-state index in [2.05, 4.69) is 63.6 Å². The summed E-state index contributed by atoms with van der Waals surface area (Å²) in [5.41, 5.74) is 6.06. The van der Waals surface area contributed by atoms with E-state index in [9.17, 15) is 4.39 Å². The van der Waals surface area contributed by atoms with Gasteiger partial charge in [-0.3, -0.25) is 4.90 Å². The summed E-state index contributed by atoms with van der Waals surface area (Å²) in [6.07, 6.45) is 3.77. The first kappa shape index (κ1) is 21.0. The minimum absolute atomic E-state index is 0.0613. The number of nitrogens with zero attached hydrogens (tertiary/aromatic N) is 3. The van der Waals surface area contributed by atoms with Crippen LogP contribution < -0.4 is 4.74 Å². The van der Waals surface area contributed by atoms with E-state index in [1.807, 2.05) is 12.3 Å². The highest BCUT2D eigenvalue weighted by molar-refractivity contribution is 5.85. The standard InChI is InChI=1S/C26H31FN4O/c1-3-18(2)31-13-11-22-21-6-4-5-7-23(21)29-25(22)26(31)19-8-9-24(28-16-19)32-15-14-30-12-10-20(27)17-30/h4-9,16,20,26,29H,2-3,10-15,17H2,1H3. The summed E-state index contributed by atoms with van der Waals surface area (Å²) in [6, 6.07) is 12.6. The largest absolute Gasteiger partial charge is 0.476 e. The number of likely N-dealkylation sites (tertiary alicyclic amines) is 1. The van der Waals surface area contributed by atoms with Gasteiger partial charge in [-0.05, 0) is 42.5 Å². The molecule has 1 aromatic carbocycles. The molecule has 0 radical (unpaired) electrons. The molecule has 1 fully saturated rings. The van der Waals surface area contributed by atoms with Crippen LogP contribution in [-0.2, 0) is 6.42 Å². The molecule has 2 aliphatic heterocycles. The van der Waals surface area contributed by atoms with Crippen molar-refractivity contribution in [3.05, 3.63) is 71.7 Å². The average molecular weight is 435 g/mol. The van der Waals surface area contributed by atoms with E-state index in [1.54, 1.807) is 0 Å². The molecule has 1 saturated heterocycles. The number of rotatable bonds is 7. The van der Waals surface area contributed by atoms with Gasteiger partial charge in [0.2, 0.25) is 5.88 Å². The molecule has 0 saturated carbocycles. The number of H-pyrrole nitrogens is 1. The van der Waals surface area contributed by atoms with Gasteiger partial charge in [0.25, 0.3) is 0 Å². The van der Waals surface area contributed by atoms with Gasteiger partial charge in [0.15, 0.2) is 0 Å². The van der Waals surface area contributed by atoms with Gasteiger partial charge >= 0.3 is 0 Å². The Morgan fingerprint density at radius 2 is 2.12 bits per heavy atom. The Morgan fingerprint density at radius 3 is 2.88 bits per heavy atom. The van der Waals surface area contributed by atoms with Crippen molar-refractivity contribution in [1.29, 1.82) is 0 Å². The number of fused-ring (bicyclic) bond motifs is 3. The molecule has 2 unspecified atom stereocenters. The highest BCUT2D eigenvalue weighted by Crippen LogP contribution is 2.40. The molecule has 2 atom stereocenters. The Hall–Kier alpha value is -2.86. The predicted molar refractivity (Wildman–Crippen MR) is 126 cm³/mol. The minimum atomic E-state index is -0.696. The molecule has 5 nitrogen and oxygen atoms in total. The predicted octanol–water partition coefficient (Wildman–Crippen LogP) is 4.86. The maximum atomic E-state index is 13.3. The Balaban J connectivity index is 1.37. The van der Waals surface area contributed by atoms with Crippen LogP contribution in [0.5, 0.6) is 5.88 Å². The Kier molecular flexibility index (Phi) is 5.87. The number of hydrogen-bond acceptors (Lipinski definition) is 4. The lowest BCUT2D eigenvalue weighted by molar-refractivity contribution is 0.219. The van der Waals surface area contributed by atoms with Gasteiger partial charge < -0.3 is 14.6 Å². The van der Waals surface area contributed by atoms with E-state index in [0.717, 1.165) is 43.7 Å². The Bertz CT molecular complexity index is 1090. The van der Waals surface area contributed by atoms with Gasteiger partial charge in [-0.15, -0.1) is 0 Å². The van der Waals surface area contributed by atoms with Gasteiger partial charge in [0, 0.05) is 60.7 Å². The molecule has 1 N–H and O–H groups in total. The second-order valence-corrected chi connectivity index (χ2v) is 8.79. The lowest BCUT2D eigenvalue weighted by Gasteiger charge is -2.38. The van der Waals surface area contributed by atoms with Crippen molar-refractivity contribution in [2.75, 3.05) is 32.8 Å². The molecule has 5 rings (SSSR count). The van der Waals surface area contributed by atoms with Crippen LogP contribution >= 0.6 is 0 Å². The van der Waals surface area contributed by atoms with Crippen LogP contribution in [0.3, 0.4) is 0 Å². The van der Waals surface area contributed by atoms with Crippen LogP contribution in [-0.4, -0.2) is 58.7 Å². The molecule has 3 aromatic rings. The normalized spacial score (nSPS) is 21.1. The summed E-state index contributed by atoms with van der Waals surface area (Å²) in [7, 11) is 0. The van der Waals surface area contributed by atoms with Crippen LogP contribution in [0.4, 0.5) is 4.39 Å². The highest BCUT2D eigenvalue weighted by atomic mass is 19.1. The quantitative estimate of drug-likeness (QED) is 0.577. The first-order valence-corrected chi connectivity index (χ1v) is 11.6. The van der Waals surface area contributed by atoms with Gasteiger partial charge in [0.1, 0.15) is 12.8 Å². The number of aromatic nitrogens is 2. The van der Waals surface area contributed by atoms with Crippen molar-refractivity contribution in [1.82, 2.24) is 19.8 Å². The van der Waals surface area contributed by atoms with Crippen LogP contribution in [0.2, 0.25) is 0 Å². The van der Waals surface area contributed by atoms with Crippen molar-refractivity contribution < 1.29 is 9.13 Å². The van der Waals surface area contributed by atoms with Gasteiger partial charge in [-0.2, -0.15) is 0 Å². The average Bonchev–Trinajstić information content (AvgIpc) is 3.41. The molecule has 168 valence electrons. The number of para-hydroxylation sites is 1. The summed E-state index contributed by atoms with van der Waals surface area (Å²) in [5.74, 6) is 0.610. The third-order valence-corrected chi connectivity index (χ3v) is 6.80. The highest BCUT2D eigenvalue weighted by Gasteiger charge is 2.32. The molecule has 6 heteroatoms. The third-order valence-electron chi connectivity index (χ3n) is 6.80. The summed E-state index contributed by atoms with van der Waals surface area (Å²) in [6.45, 7) is 10.0. The molecule has 2 aromatic heterocycles.